The van der Waals surface area contributed by atoms with E-state index in [1.54, 1.807) is 6.07 Å². The van der Waals surface area contributed by atoms with Crippen LogP contribution in [0.25, 0.3) is 10.9 Å². The SMILES string of the molecule is [NH3+]CCSc1cc(C(F)(F)F)nc2ccc(Cl)cc12. The highest BCUT2D eigenvalue weighted by Crippen LogP contribution is 2.35. The number of hydrogen-bond acceptors (Lipinski definition) is 2. The number of aromatic nitrogens is 1. The molecule has 0 aliphatic rings. The minimum atomic E-state index is -4.45. The number of thioether (sulfide) groups is 1. The zero-order valence-electron chi connectivity index (χ0n) is 9.80. The van der Waals surface area contributed by atoms with E-state index in [2.05, 4.69) is 10.7 Å². The van der Waals surface area contributed by atoms with Crippen molar-refractivity contribution in [1.82, 2.24) is 4.98 Å². The highest BCUT2D eigenvalue weighted by molar-refractivity contribution is 7.99. The van der Waals surface area contributed by atoms with Crippen molar-refractivity contribution in [3.05, 3.63) is 35.0 Å². The summed E-state index contributed by atoms with van der Waals surface area (Å²) in [6.07, 6.45) is -4.45. The van der Waals surface area contributed by atoms with Gasteiger partial charge in [-0.1, -0.05) is 11.6 Å². The van der Waals surface area contributed by atoms with Crippen molar-refractivity contribution < 1.29 is 18.9 Å². The molecule has 0 aliphatic heterocycles. The zero-order chi connectivity index (χ0) is 14.0. The van der Waals surface area contributed by atoms with Gasteiger partial charge in [0.05, 0.1) is 12.1 Å². The Labute approximate surface area is 117 Å². The Bertz CT molecular complexity index is 601. The van der Waals surface area contributed by atoms with Crippen LogP contribution in [-0.4, -0.2) is 17.3 Å². The summed E-state index contributed by atoms with van der Waals surface area (Å²) >= 11 is 7.21. The Morgan fingerprint density at radius 2 is 2.00 bits per heavy atom. The zero-order valence-corrected chi connectivity index (χ0v) is 11.4. The molecule has 19 heavy (non-hydrogen) atoms. The van der Waals surface area contributed by atoms with Crippen molar-refractivity contribution in [3.63, 3.8) is 0 Å². The van der Waals surface area contributed by atoms with Gasteiger partial charge in [0.1, 0.15) is 5.69 Å². The third-order valence-electron chi connectivity index (χ3n) is 2.43. The Morgan fingerprint density at radius 3 is 2.63 bits per heavy atom. The van der Waals surface area contributed by atoms with E-state index in [-0.39, 0.29) is 0 Å². The molecule has 0 saturated carbocycles. The Hall–Kier alpha value is -0.980. The average molecular weight is 308 g/mol. The van der Waals surface area contributed by atoms with Crippen molar-refractivity contribution in [3.8, 4) is 0 Å². The fraction of sp³-hybridized carbons (Fsp3) is 0.250. The number of fused-ring (bicyclic) bond motifs is 1. The number of benzene rings is 1. The highest BCUT2D eigenvalue weighted by Gasteiger charge is 2.33. The Kier molecular flexibility index (Phi) is 4.23. The van der Waals surface area contributed by atoms with E-state index in [0.717, 1.165) is 6.07 Å². The standard InChI is InChI=1S/C12H10ClF3N2S/c13-7-1-2-9-8(5-7)10(19-4-3-17)6-11(18-9)12(14,15)16/h1-2,5-6H,3-4,17H2/p+1. The second-order valence-electron chi connectivity index (χ2n) is 3.87. The smallest absolute Gasteiger partial charge is 0.357 e. The molecule has 102 valence electrons. The maximum atomic E-state index is 12.8. The van der Waals surface area contributed by atoms with Crippen LogP contribution >= 0.6 is 23.4 Å². The summed E-state index contributed by atoms with van der Waals surface area (Å²) in [5.41, 5.74) is 3.10. The fourth-order valence-electron chi connectivity index (χ4n) is 1.61. The monoisotopic (exact) mass is 307 g/mol. The molecule has 3 N–H and O–H groups in total. The number of hydrogen-bond donors (Lipinski definition) is 1. The lowest BCUT2D eigenvalue weighted by Crippen LogP contribution is -2.51. The normalized spacial score (nSPS) is 12.1. The average Bonchev–Trinajstić information content (AvgIpc) is 2.34. The van der Waals surface area contributed by atoms with E-state index in [9.17, 15) is 13.2 Å². The molecule has 0 aliphatic carbocycles. The molecule has 1 heterocycles. The minimum absolute atomic E-state index is 0.297. The van der Waals surface area contributed by atoms with Gasteiger partial charge in [0.25, 0.3) is 0 Å². The summed E-state index contributed by atoms with van der Waals surface area (Å²) in [6, 6.07) is 5.74. The second kappa shape index (κ2) is 5.56. The molecule has 7 heteroatoms. The van der Waals surface area contributed by atoms with Crippen LogP contribution in [0.15, 0.2) is 29.2 Å². The minimum Gasteiger partial charge on any atom is -0.357 e. The van der Waals surface area contributed by atoms with E-state index < -0.39 is 11.9 Å². The van der Waals surface area contributed by atoms with E-state index in [1.807, 2.05) is 0 Å². The van der Waals surface area contributed by atoms with Crippen LogP contribution in [0.5, 0.6) is 0 Å². The molecule has 2 rings (SSSR count). The third kappa shape index (κ3) is 3.32. The van der Waals surface area contributed by atoms with E-state index in [1.165, 1.54) is 23.9 Å². The topological polar surface area (TPSA) is 40.5 Å². The number of pyridine rings is 1. The fourth-order valence-corrected chi connectivity index (χ4v) is 2.66. The molecule has 0 spiro atoms. The van der Waals surface area contributed by atoms with E-state index in [0.29, 0.717) is 33.1 Å². The molecule has 1 aromatic heterocycles. The Balaban J connectivity index is 2.62. The predicted molar refractivity (Wildman–Crippen MR) is 70.2 cm³/mol. The van der Waals surface area contributed by atoms with Gasteiger partial charge >= 0.3 is 6.18 Å². The van der Waals surface area contributed by atoms with Gasteiger partial charge in [0, 0.05) is 21.1 Å². The van der Waals surface area contributed by atoms with Gasteiger partial charge in [0.15, 0.2) is 0 Å². The molecule has 0 radical (unpaired) electrons. The second-order valence-corrected chi connectivity index (χ2v) is 5.44. The molecule has 0 fully saturated rings. The first-order chi connectivity index (χ1) is 8.91. The summed E-state index contributed by atoms with van der Waals surface area (Å²) in [5, 5.41) is 1.12. The lowest BCUT2D eigenvalue weighted by molar-refractivity contribution is -0.360. The van der Waals surface area contributed by atoms with Crippen LogP contribution in [0.3, 0.4) is 0 Å². The van der Waals surface area contributed by atoms with Crippen LogP contribution in [0.4, 0.5) is 13.2 Å². The Morgan fingerprint density at radius 1 is 1.26 bits per heavy atom. The summed E-state index contributed by atoms with van der Waals surface area (Å²) < 4.78 is 38.4. The van der Waals surface area contributed by atoms with Crippen molar-refractivity contribution >= 4 is 34.3 Å². The van der Waals surface area contributed by atoms with Gasteiger partial charge < -0.3 is 5.73 Å². The molecule has 2 aromatic rings. The van der Waals surface area contributed by atoms with Crippen LogP contribution in [0.1, 0.15) is 5.69 Å². The van der Waals surface area contributed by atoms with Gasteiger partial charge in [-0.15, -0.1) is 11.8 Å². The van der Waals surface area contributed by atoms with Crippen molar-refractivity contribution in [2.45, 2.75) is 11.1 Å². The maximum absolute atomic E-state index is 12.8. The summed E-state index contributed by atoms with van der Waals surface area (Å²) in [6.45, 7) is 0.635. The number of alkyl halides is 3. The number of halogens is 4. The van der Waals surface area contributed by atoms with Gasteiger partial charge in [-0.25, -0.2) is 4.98 Å². The molecule has 2 nitrogen and oxygen atoms in total. The molecular formula is C12H11ClF3N2S+. The van der Waals surface area contributed by atoms with Crippen LogP contribution in [-0.2, 0) is 6.18 Å². The maximum Gasteiger partial charge on any atom is 0.433 e. The molecule has 0 atom stereocenters. The van der Waals surface area contributed by atoms with Crippen LogP contribution in [0, 0.1) is 0 Å². The third-order valence-corrected chi connectivity index (χ3v) is 3.80. The molecule has 0 amide bonds. The summed E-state index contributed by atoms with van der Waals surface area (Å²) in [5.74, 6) is 0.642. The number of quaternary nitrogens is 1. The lowest BCUT2D eigenvalue weighted by Gasteiger charge is -2.11. The highest BCUT2D eigenvalue weighted by atomic mass is 35.5. The molecule has 0 unspecified atom stereocenters. The van der Waals surface area contributed by atoms with Crippen molar-refractivity contribution in [2.75, 3.05) is 12.3 Å². The molecule has 1 aromatic carbocycles. The largest absolute Gasteiger partial charge is 0.433 e. The first-order valence-corrected chi connectivity index (χ1v) is 6.87. The quantitative estimate of drug-likeness (QED) is 0.884. The molecular weight excluding hydrogens is 297 g/mol. The predicted octanol–water partition coefficient (Wildman–Crippen LogP) is 3.24. The van der Waals surface area contributed by atoms with Crippen molar-refractivity contribution in [2.24, 2.45) is 0 Å². The summed E-state index contributed by atoms with van der Waals surface area (Å²) in [7, 11) is 0. The van der Waals surface area contributed by atoms with E-state index >= 15 is 0 Å². The molecule has 0 bridgehead atoms. The number of rotatable bonds is 3. The number of nitrogens with zero attached hydrogens (tertiary/aromatic N) is 1. The lowest BCUT2D eigenvalue weighted by atomic mass is 10.2. The van der Waals surface area contributed by atoms with Gasteiger partial charge in [-0.3, -0.25) is 0 Å². The van der Waals surface area contributed by atoms with Crippen LogP contribution in [0.2, 0.25) is 5.02 Å². The van der Waals surface area contributed by atoms with Crippen LogP contribution < -0.4 is 5.73 Å². The van der Waals surface area contributed by atoms with Gasteiger partial charge in [-0.05, 0) is 24.3 Å². The first-order valence-electron chi connectivity index (χ1n) is 5.51. The van der Waals surface area contributed by atoms with Crippen molar-refractivity contribution in [1.29, 1.82) is 0 Å². The van der Waals surface area contributed by atoms with Gasteiger partial charge in [0.2, 0.25) is 0 Å². The first kappa shape index (κ1) is 14.4. The molecule has 0 saturated heterocycles. The van der Waals surface area contributed by atoms with E-state index in [4.69, 9.17) is 11.6 Å². The summed E-state index contributed by atoms with van der Waals surface area (Å²) in [4.78, 5) is 4.17. The van der Waals surface area contributed by atoms with Gasteiger partial charge in [-0.2, -0.15) is 13.2 Å².